The zero-order chi connectivity index (χ0) is 11.5. The number of carbonyl (C=O) groups excluding carboxylic acids is 1. The highest BCUT2D eigenvalue weighted by Gasteiger charge is 2.22. The van der Waals surface area contributed by atoms with Crippen LogP contribution >= 0.6 is 0 Å². The average molecular weight is 219 g/mol. The zero-order valence-corrected chi connectivity index (χ0v) is 9.44. The lowest BCUT2D eigenvalue weighted by Gasteiger charge is -2.12. The van der Waals surface area contributed by atoms with Gasteiger partial charge >= 0.3 is 0 Å². The van der Waals surface area contributed by atoms with Gasteiger partial charge < -0.3 is 10.4 Å². The highest BCUT2D eigenvalue weighted by molar-refractivity contribution is 5.94. The summed E-state index contributed by atoms with van der Waals surface area (Å²) in [5, 5.41) is 12.3. The Morgan fingerprint density at radius 1 is 1.44 bits per heavy atom. The van der Waals surface area contributed by atoms with Crippen LogP contribution in [0.2, 0.25) is 0 Å². The van der Waals surface area contributed by atoms with Crippen LogP contribution in [-0.2, 0) is 0 Å². The Morgan fingerprint density at radius 2 is 2.25 bits per heavy atom. The molecule has 1 aromatic carbocycles. The van der Waals surface area contributed by atoms with Crippen molar-refractivity contribution in [2.45, 2.75) is 32.2 Å². The standard InChI is InChI=1S/C13H17NO2/c1-9-5-6-11(7-9)14-13(16)10-3-2-4-12(15)8-10/h2-4,8-9,11,15H,5-7H2,1H3,(H,14,16). The third kappa shape index (κ3) is 2.54. The van der Waals surface area contributed by atoms with Gasteiger partial charge in [0.1, 0.15) is 5.75 Å². The van der Waals surface area contributed by atoms with Gasteiger partial charge in [-0.2, -0.15) is 0 Å². The molecular formula is C13H17NO2. The third-order valence-corrected chi connectivity index (χ3v) is 3.14. The van der Waals surface area contributed by atoms with Crippen molar-refractivity contribution in [3.63, 3.8) is 0 Å². The molecule has 0 saturated heterocycles. The van der Waals surface area contributed by atoms with Crippen molar-refractivity contribution < 1.29 is 9.90 Å². The molecule has 2 rings (SSSR count). The molecular weight excluding hydrogens is 202 g/mol. The van der Waals surface area contributed by atoms with Crippen molar-refractivity contribution in [3.05, 3.63) is 29.8 Å². The molecule has 3 heteroatoms. The quantitative estimate of drug-likeness (QED) is 0.802. The molecule has 1 aromatic rings. The summed E-state index contributed by atoms with van der Waals surface area (Å²) in [4.78, 5) is 11.8. The van der Waals surface area contributed by atoms with E-state index >= 15 is 0 Å². The van der Waals surface area contributed by atoms with Gasteiger partial charge in [0.25, 0.3) is 5.91 Å². The molecule has 86 valence electrons. The van der Waals surface area contributed by atoms with Crippen molar-refractivity contribution in [3.8, 4) is 5.75 Å². The summed E-state index contributed by atoms with van der Waals surface area (Å²) in [6.07, 6.45) is 3.31. The molecule has 1 aliphatic rings. The predicted molar refractivity (Wildman–Crippen MR) is 62.4 cm³/mol. The lowest BCUT2D eigenvalue weighted by Crippen LogP contribution is -2.32. The van der Waals surface area contributed by atoms with E-state index in [2.05, 4.69) is 12.2 Å². The van der Waals surface area contributed by atoms with Gasteiger partial charge in [0, 0.05) is 11.6 Å². The van der Waals surface area contributed by atoms with Crippen LogP contribution in [0.1, 0.15) is 36.5 Å². The van der Waals surface area contributed by atoms with E-state index in [4.69, 9.17) is 0 Å². The van der Waals surface area contributed by atoms with Crippen LogP contribution in [0.3, 0.4) is 0 Å². The summed E-state index contributed by atoms with van der Waals surface area (Å²) in [6, 6.07) is 6.75. The first kappa shape index (κ1) is 11.0. The highest BCUT2D eigenvalue weighted by Crippen LogP contribution is 2.24. The Labute approximate surface area is 95.5 Å². The second-order valence-corrected chi connectivity index (χ2v) is 4.64. The Hall–Kier alpha value is -1.51. The van der Waals surface area contributed by atoms with Gasteiger partial charge in [-0.25, -0.2) is 0 Å². The van der Waals surface area contributed by atoms with E-state index in [1.165, 1.54) is 12.5 Å². The molecule has 0 aromatic heterocycles. The number of phenolic OH excluding ortho intramolecular Hbond substituents is 1. The van der Waals surface area contributed by atoms with Crippen LogP contribution in [0.5, 0.6) is 5.75 Å². The second-order valence-electron chi connectivity index (χ2n) is 4.64. The molecule has 0 bridgehead atoms. The number of nitrogens with one attached hydrogen (secondary N) is 1. The second kappa shape index (κ2) is 4.56. The molecule has 2 unspecified atom stereocenters. The van der Waals surface area contributed by atoms with Gasteiger partial charge in [-0.05, 0) is 43.4 Å². The molecule has 0 spiro atoms. The van der Waals surface area contributed by atoms with E-state index in [0.29, 0.717) is 17.5 Å². The Balaban J connectivity index is 1.98. The molecule has 0 aliphatic heterocycles. The smallest absolute Gasteiger partial charge is 0.251 e. The van der Waals surface area contributed by atoms with Crippen LogP contribution in [0, 0.1) is 5.92 Å². The van der Waals surface area contributed by atoms with Crippen molar-refractivity contribution >= 4 is 5.91 Å². The first-order valence-electron chi connectivity index (χ1n) is 5.75. The molecule has 0 heterocycles. The van der Waals surface area contributed by atoms with Crippen LogP contribution in [0.25, 0.3) is 0 Å². The van der Waals surface area contributed by atoms with Crippen molar-refractivity contribution in [1.82, 2.24) is 5.32 Å². The van der Waals surface area contributed by atoms with E-state index in [1.54, 1.807) is 18.2 Å². The van der Waals surface area contributed by atoms with E-state index in [9.17, 15) is 9.90 Å². The monoisotopic (exact) mass is 219 g/mol. The number of benzene rings is 1. The average Bonchev–Trinajstić information content (AvgIpc) is 2.64. The third-order valence-electron chi connectivity index (χ3n) is 3.14. The first-order chi connectivity index (χ1) is 7.65. The summed E-state index contributed by atoms with van der Waals surface area (Å²) < 4.78 is 0. The lowest BCUT2D eigenvalue weighted by atomic mass is 10.1. The van der Waals surface area contributed by atoms with Gasteiger partial charge in [0.15, 0.2) is 0 Å². The Kier molecular flexibility index (Phi) is 3.13. The minimum atomic E-state index is -0.0880. The summed E-state index contributed by atoms with van der Waals surface area (Å²) in [6.45, 7) is 2.21. The fourth-order valence-electron chi connectivity index (χ4n) is 2.25. The number of phenols is 1. The zero-order valence-electron chi connectivity index (χ0n) is 9.44. The first-order valence-corrected chi connectivity index (χ1v) is 5.75. The minimum Gasteiger partial charge on any atom is -0.508 e. The highest BCUT2D eigenvalue weighted by atomic mass is 16.3. The summed E-state index contributed by atoms with van der Waals surface area (Å²) in [7, 11) is 0. The number of carbonyl (C=O) groups is 1. The fraction of sp³-hybridized carbons (Fsp3) is 0.462. The van der Waals surface area contributed by atoms with E-state index in [1.807, 2.05) is 0 Å². The van der Waals surface area contributed by atoms with E-state index in [0.717, 1.165) is 12.8 Å². The number of amides is 1. The number of hydrogen-bond donors (Lipinski definition) is 2. The van der Waals surface area contributed by atoms with Gasteiger partial charge in [-0.1, -0.05) is 13.0 Å². The van der Waals surface area contributed by atoms with Crippen LogP contribution in [-0.4, -0.2) is 17.1 Å². The largest absolute Gasteiger partial charge is 0.508 e. The SMILES string of the molecule is CC1CCC(NC(=O)c2cccc(O)c2)C1. The topological polar surface area (TPSA) is 49.3 Å². The molecule has 1 aliphatic carbocycles. The van der Waals surface area contributed by atoms with E-state index < -0.39 is 0 Å². The molecule has 1 fully saturated rings. The van der Waals surface area contributed by atoms with Gasteiger partial charge in [0.2, 0.25) is 0 Å². The fourth-order valence-corrected chi connectivity index (χ4v) is 2.25. The molecule has 2 atom stereocenters. The van der Waals surface area contributed by atoms with Gasteiger partial charge in [-0.3, -0.25) is 4.79 Å². The summed E-state index contributed by atoms with van der Waals surface area (Å²) >= 11 is 0. The summed E-state index contributed by atoms with van der Waals surface area (Å²) in [5.74, 6) is 0.747. The Morgan fingerprint density at radius 3 is 2.88 bits per heavy atom. The Bertz CT molecular complexity index is 389. The predicted octanol–water partition coefficient (Wildman–Crippen LogP) is 2.31. The van der Waals surface area contributed by atoms with Crippen LogP contribution in [0.4, 0.5) is 0 Å². The molecule has 1 amide bonds. The minimum absolute atomic E-state index is 0.0880. The number of rotatable bonds is 2. The normalized spacial score (nSPS) is 24.3. The van der Waals surface area contributed by atoms with Crippen molar-refractivity contribution in [2.75, 3.05) is 0 Å². The van der Waals surface area contributed by atoms with Crippen molar-refractivity contribution in [2.24, 2.45) is 5.92 Å². The maximum Gasteiger partial charge on any atom is 0.251 e. The molecule has 3 nitrogen and oxygen atoms in total. The number of hydrogen-bond acceptors (Lipinski definition) is 2. The van der Waals surface area contributed by atoms with Gasteiger partial charge in [0.05, 0.1) is 0 Å². The number of aromatic hydroxyl groups is 1. The maximum absolute atomic E-state index is 11.8. The van der Waals surface area contributed by atoms with Crippen LogP contribution < -0.4 is 5.32 Å². The lowest BCUT2D eigenvalue weighted by molar-refractivity contribution is 0.0937. The molecule has 0 radical (unpaired) electrons. The van der Waals surface area contributed by atoms with Crippen LogP contribution in [0.15, 0.2) is 24.3 Å². The summed E-state index contributed by atoms with van der Waals surface area (Å²) in [5.41, 5.74) is 0.527. The van der Waals surface area contributed by atoms with Crippen molar-refractivity contribution in [1.29, 1.82) is 0 Å². The molecule has 2 N–H and O–H groups in total. The van der Waals surface area contributed by atoms with E-state index in [-0.39, 0.29) is 11.7 Å². The maximum atomic E-state index is 11.8. The molecule has 1 saturated carbocycles. The molecule has 16 heavy (non-hydrogen) atoms. The van der Waals surface area contributed by atoms with Gasteiger partial charge in [-0.15, -0.1) is 0 Å².